The molecule has 0 bridgehead atoms. The van der Waals surface area contributed by atoms with Gasteiger partial charge in [-0.2, -0.15) is 0 Å². The molecular formula is C15H18N2O4S. The number of aromatic nitrogens is 1. The summed E-state index contributed by atoms with van der Waals surface area (Å²) in [5, 5.41) is 0. The van der Waals surface area contributed by atoms with Crippen LogP contribution in [-0.4, -0.2) is 26.3 Å². The van der Waals surface area contributed by atoms with E-state index >= 15 is 0 Å². The van der Waals surface area contributed by atoms with Crippen molar-refractivity contribution in [1.29, 1.82) is 0 Å². The van der Waals surface area contributed by atoms with Gasteiger partial charge in [-0.1, -0.05) is 0 Å². The van der Waals surface area contributed by atoms with E-state index in [0.717, 1.165) is 11.4 Å². The van der Waals surface area contributed by atoms with Gasteiger partial charge in [0.1, 0.15) is 0 Å². The Hall–Kier alpha value is -1.99. The van der Waals surface area contributed by atoms with Crippen molar-refractivity contribution >= 4 is 10.0 Å². The van der Waals surface area contributed by atoms with Gasteiger partial charge in [0.15, 0.2) is 11.5 Å². The second-order valence-corrected chi connectivity index (χ2v) is 6.95. The van der Waals surface area contributed by atoms with Gasteiger partial charge in [0, 0.05) is 30.5 Å². The molecule has 0 amide bonds. The minimum absolute atomic E-state index is 0.123. The van der Waals surface area contributed by atoms with Gasteiger partial charge in [0.2, 0.25) is 16.8 Å². The summed E-state index contributed by atoms with van der Waals surface area (Å²) in [5.41, 5.74) is 2.22. The van der Waals surface area contributed by atoms with Crippen LogP contribution in [0.25, 0.3) is 0 Å². The van der Waals surface area contributed by atoms with Gasteiger partial charge in [-0.25, -0.2) is 13.1 Å². The molecule has 0 aliphatic carbocycles. The molecule has 1 aromatic heterocycles. The number of hydrogen-bond acceptors (Lipinski definition) is 4. The smallest absolute Gasteiger partial charge is 0.240 e. The van der Waals surface area contributed by atoms with Crippen molar-refractivity contribution in [3.63, 3.8) is 0 Å². The third kappa shape index (κ3) is 2.82. The normalized spacial score (nSPS) is 13.5. The first-order valence-electron chi connectivity index (χ1n) is 6.99. The second kappa shape index (κ2) is 5.66. The van der Waals surface area contributed by atoms with E-state index < -0.39 is 10.0 Å². The molecule has 118 valence electrons. The van der Waals surface area contributed by atoms with Crippen LogP contribution in [0, 0.1) is 13.8 Å². The molecule has 0 radical (unpaired) electrons. The molecule has 0 atom stereocenters. The van der Waals surface area contributed by atoms with Gasteiger partial charge >= 0.3 is 0 Å². The molecule has 0 unspecified atom stereocenters. The summed E-state index contributed by atoms with van der Waals surface area (Å²) in [7, 11) is -3.56. The van der Waals surface area contributed by atoms with Crippen LogP contribution >= 0.6 is 0 Å². The molecular weight excluding hydrogens is 304 g/mol. The SMILES string of the molecule is Cc1ccc(C)n1CCNS(=O)(=O)c1ccc2c(c1)OCO2. The molecule has 2 aromatic rings. The van der Waals surface area contributed by atoms with Crippen LogP contribution in [0.2, 0.25) is 0 Å². The van der Waals surface area contributed by atoms with E-state index in [1.54, 1.807) is 6.07 Å². The predicted octanol–water partition coefficient (Wildman–Crippen LogP) is 1.81. The van der Waals surface area contributed by atoms with Gasteiger partial charge in [0.25, 0.3) is 0 Å². The molecule has 3 rings (SSSR count). The molecule has 0 fully saturated rings. The lowest BCUT2D eigenvalue weighted by atomic mass is 10.3. The van der Waals surface area contributed by atoms with E-state index in [0.29, 0.717) is 24.6 Å². The topological polar surface area (TPSA) is 69.6 Å². The van der Waals surface area contributed by atoms with Crippen LogP contribution in [0.1, 0.15) is 11.4 Å². The maximum Gasteiger partial charge on any atom is 0.240 e. The Morgan fingerprint density at radius 1 is 1.09 bits per heavy atom. The standard InChI is InChI=1S/C15H18N2O4S/c1-11-3-4-12(2)17(11)8-7-16-22(18,19)13-5-6-14-15(9-13)21-10-20-14/h3-6,9,16H,7-8,10H2,1-2H3. The van der Waals surface area contributed by atoms with Crippen LogP contribution in [0.4, 0.5) is 0 Å². The summed E-state index contributed by atoms with van der Waals surface area (Å²) in [4.78, 5) is 0.178. The van der Waals surface area contributed by atoms with Crippen molar-refractivity contribution in [2.75, 3.05) is 13.3 Å². The van der Waals surface area contributed by atoms with E-state index in [2.05, 4.69) is 9.29 Å². The number of rotatable bonds is 5. The van der Waals surface area contributed by atoms with Crippen LogP contribution in [0.15, 0.2) is 35.2 Å². The number of fused-ring (bicyclic) bond motifs is 1. The third-order valence-corrected chi connectivity index (χ3v) is 5.16. The molecule has 6 nitrogen and oxygen atoms in total. The number of benzene rings is 1. The van der Waals surface area contributed by atoms with Crippen molar-refractivity contribution in [3.05, 3.63) is 41.7 Å². The molecule has 1 aliphatic rings. The zero-order valence-electron chi connectivity index (χ0n) is 12.5. The minimum Gasteiger partial charge on any atom is -0.454 e. The number of nitrogens with zero attached hydrogens (tertiary/aromatic N) is 1. The Balaban J connectivity index is 1.69. The molecule has 22 heavy (non-hydrogen) atoms. The fourth-order valence-corrected chi connectivity index (χ4v) is 3.51. The Labute approximate surface area is 129 Å². The highest BCUT2D eigenvalue weighted by Gasteiger charge is 2.20. The van der Waals surface area contributed by atoms with Crippen LogP contribution in [-0.2, 0) is 16.6 Å². The van der Waals surface area contributed by atoms with Gasteiger partial charge in [-0.15, -0.1) is 0 Å². The Morgan fingerprint density at radius 3 is 2.50 bits per heavy atom. The molecule has 0 spiro atoms. The predicted molar refractivity (Wildman–Crippen MR) is 81.7 cm³/mol. The van der Waals surface area contributed by atoms with Crippen LogP contribution in [0.5, 0.6) is 11.5 Å². The zero-order valence-corrected chi connectivity index (χ0v) is 13.3. The number of hydrogen-bond donors (Lipinski definition) is 1. The number of ether oxygens (including phenoxy) is 2. The fraction of sp³-hybridized carbons (Fsp3) is 0.333. The largest absolute Gasteiger partial charge is 0.454 e. The second-order valence-electron chi connectivity index (χ2n) is 5.18. The average Bonchev–Trinajstić information content (AvgIpc) is 3.07. The summed E-state index contributed by atoms with van der Waals surface area (Å²) in [6.45, 7) is 5.04. The Kier molecular flexibility index (Phi) is 3.84. The lowest BCUT2D eigenvalue weighted by Crippen LogP contribution is -2.27. The van der Waals surface area contributed by atoms with E-state index in [1.807, 2.05) is 26.0 Å². The van der Waals surface area contributed by atoms with E-state index in [-0.39, 0.29) is 11.7 Å². The highest BCUT2D eigenvalue weighted by atomic mass is 32.2. The summed E-state index contributed by atoms with van der Waals surface area (Å²) in [6, 6.07) is 8.64. The highest BCUT2D eigenvalue weighted by molar-refractivity contribution is 7.89. The quantitative estimate of drug-likeness (QED) is 0.911. The highest BCUT2D eigenvalue weighted by Crippen LogP contribution is 2.33. The average molecular weight is 322 g/mol. The fourth-order valence-electron chi connectivity index (χ4n) is 2.47. The molecule has 0 saturated carbocycles. The molecule has 1 N–H and O–H groups in total. The zero-order chi connectivity index (χ0) is 15.7. The third-order valence-electron chi connectivity index (χ3n) is 3.70. The molecule has 1 aliphatic heterocycles. The van der Waals surface area contributed by atoms with Crippen molar-refractivity contribution in [2.45, 2.75) is 25.3 Å². The lowest BCUT2D eigenvalue weighted by Gasteiger charge is -2.11. The van der Waals surface area contributed by atoms with Crippen molar-refractivity contribution < 1.29 is 17.9 Å². The van der Waals surface area contributed by atoms with E-state index in [1.165, 1.54) is 12.1 Å². The Morgan fingerprint density at radius 2 is 1.77 bits per heavy atom. The van der Waals surface area contributed by atoms with E-state index in [4.69, 9.17) is 9.47 Å². The molecule has 1 aromatic carbocycles. The number of aryl methyl sites for hydroxylation is 2. The first-order valence-corrected chi connectivity index (χ1v) is 8.48. The molecule has 7 heteroatoms. The monoisotopic (exact) mass is 322 g/mol. The molecule has 0 saturated heterocycles. The maximum absolute atomic E-state index is 12.3. The van der Waals surface area contributed by atoms with Gasteiger partial charge in [0.05, 0.1) is 4.90 Å². The number of nitrogens with one attached hydrogen (secondary N) is 1. The minimum atomic E-state index is -3.56. The van der Waals surface area contributed by atoms with Crippen LogP contribution in [0.3, 0.4) is 0 Å². The van der Waals surface area contributed by atoms with Gasteiger partial charge < -0.3 is 14.0 Å². The maximum atomic E-state index is 12.3. The van der Waals surface area contributed by atoms with Gasteiger partial charge in [-0.05, 0) is 38.1 Å². The molecule has 2 heterocycles. The Bertz CT molecular complexity index is 776. The first-order chi connectivity index (χ1) is 10.5. The van der Waals surface area contributed by atoms with Crippen molar-refractivity contribution in [2.24, 2.45) is 0 Å². The van der Waals surface area contributed by atoms with Gasteiger partial charge in [-0.3, -0.25) is 0 Å². The summed E-state index contributed by atoms with van der Waals surface area (Å²) in [6.07, 6.45) is 0. The van der Waals surface area contributed by atoms with Crippen molar-refractivity contribution in [3.8, 4) is 11.5 Å². The van der Waals surface area contributed by atoms with E-state index in [9.17, 15) is 8.42 Å². The van der Waals surface area contributed by atoms with Crippen molar-refractivity contribution in [1.82, 2.24) is 9.29 Å². The lowest BCUT2D eigenvalue weighted by molar-refractivity contribution is 0.174. The summed E-state index contributed by atoms with van der Waals surface area (Å²) < 4.78 is 39.7. The first kappa shape index (κ1) is 14.9. The summed E-state index contributed by atoms with van der Waals surface area (Å²) in [5.74, 6) is 1.03. The number of sulfonamides is 1. The summed E-state index contributed by atoms with van der Waals surface area (Å²) >= 11 is 0. The van der Waals surface area contributed by atoms with Crippen LogP contribution < -0.4 is 14.2 Å².